The molecule has 3 aromatic carbocycles. The fraction of sp³-hybridized carbons (Fsp3) is 0.120. The van der Waals surface area contributed by atoms with Crippen LogP contribution in [0.15, 0.2) is 83.5 Å². The predicted molar refractivity (Wildman–Crippen MR) is 122 cm³/mol. The zero-order chi connectivity index (χ0) is 21.2. The molecule has 2 N–H and O–H groups in total. The van der Waals surface area contributed by atoms with Crippen molar-refractivity contribution >= 4 is 39.4 Å². The van der Waals surface area contributed by atoms with E-state index in [9.17, 15) is 4.79 Å². The Hall–Kier alpha value is -3.57. The summed E-state index contributed by atoms with van der Waals surface area (Å²) < 4.78 is 5.32. The molecule has 2 heterocycles. The number of nitrogens with one attached hydrogen (secondary N) is 2. The van der Waals surface area contributed by atoms with Crippen molar-refractivity contribution in [3.63, 3.8) is 0 Å². The van der Waals surface area contributed by atoms with Gasteiger partial charge in [-0.2, -0.15) is 0 Å². The molecule has 0 saturated heterocycles. The molecule has 0 saturated carbocycles. The van der Waals surface area contributed by atoms with Gasteiger partial charge in [0.05, 0.1) is 6.42 Å². The SMILES string of the molecule is O=C(Cc1noc2ccccc12)NCC(c1ccccc1Cl)c1c[nH]c2ccccc12. The van der Waals surface area contributed by atoms with E-state index in [0.717, 1.165) is 27.4 Å². The average Bonchev–Trinajstić information content (AvgIpc) is 3.40. The van der Waals surface area contributed by atoms with Crippen LogP contribution in [0.2, 0.25) is 5.02 Å². The molecule has 1 atom stereocenters. The normalized spacial score (nSPS) is 12.3. The summed E-state index contributed by atoms with van der Waals surface area (Å²) in [6.45, 7) is 0.417. The molecule has 0 spiro atoms. The Bertz CT molecular complexity index is 1370. The molecule has 2 aromatic heterocycles. The first kappa shape index (κ1) is 19.4. The number of benzene rings is 3. The minimum absolute atomic E-state index is 0.0946. The Morgan fingerprint density at radius 2 is 1.71 bits per heavy atom. The first-order valence-corrected chi connectivity index (χ1v) is 10.5. The van der Waals surface area contributed by atoms with Crippen LogP contribution in [0.1, 0.15) is 22.7 Å². The summed E-state index contributed by atoms with van der Waals surface area (Å²) in [6, 6.07) is 23.4. The van der Waals surface area contributed by atoms with Gasteiger partial charge in [0.15, 0.2) is 5.58 Å². The second-order valence-corrected chi connectivity index (χ2v) is 7.88. The van der Waals surface area contributed by atoms with Crippen LogP contribution in [-0.4, -0.2) is 22.6 Å². The zero-order valence-electron chi connectivity index (χ0n) is 16.6. The third kappa shape index (κ3) is 3.80. The van der Waals surface area contributed by atoms with Crippen molar-refractivity contribution in [1.82, 2.24) is 15.5 Å². The maximum atomic E-state index is 12.8. The lowest BCUT2D eigenvalue weighted by atomic mass is 9.90. The Morgan fingerprint density at radius 1 is 0.968 bits per heavy atom. The molecular formula is C25H20ClN3O2. The van der Waals surface area contributed by atoms with Gasteiger partial charge in [-0.15, -0.1) is 0 Å². The lowest BCUT2D eigenvalue weighted by Gasteiger charge is -2.19. The molecule has 0 bridgehead atoms. The summed E-state index contributed by atoms with van der Waals surface area (Å²) in [4.78, 5) is 16.1. The van der Waals surface area contributed by atoms with E-state index in [4.69, 9.17) is 16.1 Å². The number of aromatic amines is 1. The molecule has 0 aliphatic heterocycles. The summed E-state index contributed by atoms with van der Waals surface area (Å²) in [5.74, 6) is -0.209. The number of hydrogen-bond acceptors (Lipinski definition) is 3. The van der Waals surface area contributed by atoms with Crippen LogP contribution in [0.5, 0.6) is 0 Å². The topological polar surface area (TPSA) is 70.9 Å². The molecule has 0 fully saturated rings. The number of amides is 1. The van der Waals surface area contributed by atoms with E-state index >= 15 is 0 Å². The highest BCUT2D eigenvalue weighted by atomic mass is 35.5. The molecule has 5 nitrogen and oxygen atoms in total. The Balaban J connectivity index is 1.41. The third-order valence-electron chi connectivity index (χ3n) is 5.56. The van der Waals surface area contributed by atoms with E-state index in [2.05, 4.69) is 21.5 Å². The Labute approximate surface area is 184 Å². The van der Waals surface area contributed by atoms with Gasteiger partial charge in [-0.1, -0.05) is 65.3 Å². The summed E-state index contributed by atoms with van der Waals surface area (Å²) >= 11 is 6.54. The number of rotatable bonds is 6. The van der Waals surface area contributed by atoms with Crippen molar-refractivity contribution in [1.29, 1.82) is 0 Å². The van der Waals surface area contributed by atoms with Crippen molar-refractivity contribution in [2.75, 3.05) is 6.54 Å². The first-order valence-electron chi connectivity index (χ1n) is 10.1. The monoisotopic (exact) mass is 429 g/mol. The molecular weight excluding hydrogens is 410 g/mol. The summed E-state index contributed by atoms with van der Waals surface area (Å²) in [7, 11) is 0. The number of aromatic nitrogens is 2. The van der Waals surface area contributed by atoms with Crippen molar-refractivity contribution in [3.05, 3.63) is 101 Å². The lowest BCUT2D eigenvalue weighted by Crippen LogP contribution is -2.30. The number of para-hydroxylation sites is 2. The third-order valence-corrected chi connectivity index (χ3v) is 5.91. The average molecular weight is 430 g/mol. The van der Waals surface area contributed by atoms with Crippen molar-refractivity contribution in [2.45, 2.75) is 12.3 Å². The van der Waals surface area contributed by atoms with Crippen LogP contribution in [-0.2, 0) is 11.2 Å². The smallest absolute Gasteiger partial charge is 0.226 e. The molecule has 5 aromatic rings. The van der Waals surface area contributed by atoms with Gasteiger partial charge in [-0.05, 0) is 35.4 Å². The van der Waals surface area contributed by atoms with Gasteiger partial charge in [0.1, 0.15) is 5.69 Å². The van der Waals surface area contributed by atoms with Gasteiger partial charge < -0.3 is 14.8 Å². The first-order chi connectivity index (χ1) is 15.2. The fourth-order valence-electron chi connectivity index (χ4n) is 4.02. The van der Waals surface area contributed by atoms with E-state index in [0.29, 0.717) is 22.8 Å². The highest BCUT2D eigenvalue weighted by Crippen LogP contribution is 2.34. The largest absolute Gasteiger partial charge is 0.361 e. The van der Waals surface area contributed by atoms with E-state index in [1.165, 1.54) is 0 Å². The predicted octanol–water partition coefficient (Wildman–Crippen LogP) is 5.45. The summed E-state index contributed by atoms with van der Waals surface area (Å²) in [6.07, 6.45) is 2.15. The number of carbonyl (C=O) groups is 1. The second-order valence-electron chi connectivity index (χ2n) is 7.47. The van der Waals surface area contributed by atoms with Crippen LogP contribution in [0.3, 0.4) is 0 Å². The van der Waals surface area contributed by atoms with Gasteiger partial charge >= 0.3 is 0 Å². The Morgan fingerprint density at radius 3 is 2.58 bits per heavy atom. The maximum Gasteiger partial charge on any atom is 0.226 e. The number of fused-ring (bicyclic) bond motifs is 2. The second kappa shape index (κ2) is 8.28. The van der Waals surface area contributed by atoms with E-state index < -0.39 is 0 Å². The van der Waals surface area contributed by atoms with Crippen LogP contribution < -0.4 is 5.32 Å². The van der Waals surface area contributed by atoms with Crippen molar-refractivity contribution in [3.8, 4) is 0 Å². The van der Waals surface area contributed by atoms with E-state index in [1.807, 2.05) is 72.9 Å². The molecule has 31 heavy (non-hydrogen) atoms. The van der Waals surface area contributed by atoms with E-state index in [1.54, 1.807) is 0 Å². The number of carbonyl (C=O) groups excluding carboxylic acids is 1. The number of H-pyrrole nitrogens is 1. The molecule has 6 heteroatoms. The molecule has 0 radical (unpaired) electrons. The molecule has 0 aliphatic carbocycles. The lowest BCUT2D eigenvalue weighted by molar-refractivity contribution is -0.120. The van der Waals surface area contributed by atoms with Gasteiger partial charge in [0.2, 0.25) is 5.91 Å². The van der Waals surface area contributed by atoms with Gasteiger partial charge in [0, 0.05) is 40.0 Å². The standard InChI is InChI=1S/C25H20ClN3O2/c26-21-10-4-1-7-16(21)19(20-14-27-22-11-5-2-8-17(20)22)15-28-25(30)13-23-18-9-3-6-12-24(18)31-29-23/h1-12,14,19,27H,13,15H2,(H,28,30). The molecule has 1 unspecified atom stereocenters. The number of halogens is 1. The molecule has 154 valence electrons. The summed E-state index contributed by atoms with van der Waals surface area (Å²) in [5.41, 5.74) is 4.43. The highest BCUT2D eigenvalue weighted by molar-refractivity contribution is 6.31. The molecule has 5 rings (SSSR count). The molecule has 1 amide bonds. The summed E-state index contributed by atoms with van der Waals surface area (Å²) in [5, 5.41) is 9.78. The minimum atomic E-state index is -0.115. The maximum absolute atomic E-state index is 12.8. The van der Waals surface area contributed by atoms with Crippen LogP contribution in [0.25, 0.3) is 21.9 Å². The van der Waals surface area contributed by atoms with E-state index in [-0.39, 0.29) is 18.2 Å². The molecule has 0 aliphatic rings. The van der Waals surface area contributed by atoms with Crippen molar-refractivity contribution < 1.29 is 9.32 Å². The quantitative estimate of drug-likeness (QED) is 0.377. The zero-order valence-corrected chi connectivity index (χ0v) is 17.4. The van der Waals surface area contributed by atoms with Crippen LogP contribution in [0, 0.1) is 0 Å². The number of nitrogens with zero attached hydrogens (tertiary/aromatic N) is 1. The van der Waals surface area contributed by atoms with Gasteiger partial charge in [-0.25, -0.2) is 0 Å². The minimum Gasteiger partial charge on any atom is -0.361 e. The van der Waals surface area contributed by atoms with Crippen LogP contribution in [0.4, 0.5) is 0 Å². The highest BCUT2D eigenvalue weighted by Gasteiger charge is 2.21. The Kier molecular flexibility index (Phi) is 5.18. The van der Waals surface area contributed by atoms with Crippen LogP contribution >= 0.6 is 11.6 Å². The van der Waals surface area contributed by atoms with Gasteiger partial charge in [-0.3, -0.25) is 4.79 Å². The van der Waals surface area contributed by atoms with Crippen molar-refractivity contribution in [2.24, 2.45) is 0 Å². The van der Waals surface area contributed by atoms with Gasteiger partial charge in [0.25, 0.3) is 0 Å². The fourth-order valence-corrected chi connectivity index (χ4v) is 4.29. The number of hydrogen-bond donors (Lipinski definition) is 2.